The van der Waals surface area contributed by atoms with Gasteiger partial charge in [0.2, 0.25) is 0 Å². The van der Waals surface area contributed by atoms with Gasteiger partial charge in [-0.15, -0.1) is 0 Å². The minimum absolute atomic E-state index is 0.0311. The number of anilines is 1. The zero-order valence-electron chi connectivity index (χ0n) is 22.5. The van der Waals surface area contributed by atoms with Crippen molar-refractivity contribution >= 4 is 22.6 Å². The molecule has 4 aromatic rings. The first-order valence-corrected chi connectivity index (χ1v) is 13.9. The maximum absolute atomic E-state index is 13.5. The molecule has 0 spiro atoms. The van der Waals surface area contributed by atoms with Crippen molar-refractivity contribution < 1.29 is 13.9 Å². The number of hydrogen-bond donors (Lipinski definition) is 1. The third-order valence-electron chi connectivity index (χ3n) is 8.20. The number of likely N-dealkylation sites (N-methyl/N-ethyl adjacent to an activating group) is 1. The lowest BCUT2D eigenvalue weighted by molar-refractivity contribution is -0.118. The van der Waals surface area contributed by atoms with E-state index in [4.69, 9.17) is 15.6 Å². The van der Waals surface area contributed by atoms with Crippen LogP contribution in [0.25, 0.3) is 22.3 Å². The van der Waals surface area contributed by atoms with Crippen molar-refractivity contribution in [3.63, 3.8) is 0 Å². The molecule has 0 radical (unpaired) electrons. The zero-order chi connectivity index (χ0) is 27.6. The highest BCUT2D eigenvalue weighted by molar-refractivity contribution is 5.98. The van der Waals surface area contributed by atoms with Crippen LogP contribution in [-0.4, -0.2) is 50.1 Å². The molecule has 2 aliphatic rings. The molecular weight excluding hydrogens is 507 g/mol. The maximum atomic E-state index is 13.5. The predicted octanol–water partition coefficient (Wildman–Crippen LogP) is 5.96. The van der Waals surface area contributed by atoms with Crippen LogP contribution in [-0.2, 0) is 4.79 Å². The van der Waals surface area contributed by atoms with Crippen molar-refractivity contribution in [2.24, 2.45) is 5.92 Å². The number of fused-ring (bicyclic) bond motifs is 1. The number of ether oxygens (including phenoxy) is 1. The highest BCUT2D eigenvalue weighted by Crippen LogP contribution is 2.39. The normalized spacial score (nSPS) is 19.5. The number of carbonyl (C=O) groups is 1. The number of halogens is 1. The summed E-state index contributed by atoms with van der Waals surface area (Å²) in [6.07, 6.45) is 11.4. The fourth-order valence-corrected chi connectivity index (χ4v) is 5.69. The minimum atomic E-state index is -0.356. The SMILES string of the molecule is CN(C/C=C/C(=O)C1CC[C@@H](n2nc(-c3ccc(Oc4cccc(F)c4)cc3)c3c(N)ncnc32)C1)C1CCC1. The lowest BCUT2D eigenvalue weighted by Gasteiger charge is -2.33. The van der Waals surface area contributed by atoms with Gasteiger partial charge in [-0.25, -0.2) is 19.0 Å². The third-order valence-corrected chi connectivity index (χ3v) is 8.20. The van der Waals surface area contributed by atoms with Gasteiger partial charge in [-0.3, -0.25) is 9.69 Å². The molecule has 2 aliphatic carbocycles. The molecule has 0 saturated heterocycles. The Hall–Kier alpha value is -4.11. The van der Waals surface area contributed by atoms with Crippen LogP contribution >= 0.6 is 0 Å². The first-order valence-electron chi connectivity index (χ1n) is 13.9. The Kier molecular flexibility index (Phi) is 7.30. The van der Waals surface area contributed by atoms with Crippen LogP contribution in [0.1, 0.15) is 44.6 Å². The van der Waals surface area contributed by atoms with E-state index in [1.165, 1.54) is 37.7 Å². The fraction of sp³-hybridized carbons (Fsp3) is 0.355. The predicted molar refractivity (Wildman–Crippen MR) is 152 cm³/mol. The molecule has 40 heavy (non-hydrogen) atoms. The van der Waals surface area contributed by atoms with Gasteiger partial charge in [-0.1, -0.05) is 18.6 Å². The molecule has 2 saturated carbocycles. The Morgan fingerprint density at radius 2 is 1.95 bits per heavy atom. The molecule has 9 heteroatoms. The van der Waals surface area contributed by atoms with Crippen LogP contribution in [0.15, 0.2) is 67.0 Å². The quantitative estimate of drug-likeness (QED) is 0.262. The van der Waals surface area contributed by atoms with E-state index in [-0.39, 0.29) is 23.6 Å². The number of hydrogen-bond acceptors (Lipinski definition) is 7. The van der Waals surface area contributed by atoms with Crippen LogP contribution in [0.2, 0.25) is 0 Å². The van der Waals surface area contributed by atoms with Crippen molar-refractivity contribution in [3.8, 4) is 22.8 Å². The first kappa shape index (κ1) is 26.1. The van der Waals surface area contributed by atoms with E-state index >= 15 is 0 Å². The second-order valence-electron chi connectivity index (χ2n) is 10.8. The van der Waals surface area contributed by atoms with E-state index in [9.17, 15) is 9.18 Å². The van der Waals surface area contributed by atoms with Gasteiger partial charge in [0.1, 0.15) is 35.2 Å². The summed E-state index contributed by atoms with van der Waals surface area (Å²) in [6, 6.07) is 14.1. The van der Waals surface area contributed by atoms with Crippen LogP contribution < -0.4 is 10.5 Å². The van der Waals surface area contributed by atoms with Crippen molar-refractivity contribution in [3.05, 3.63) is 72.8 Å². The summed E-state index contributed by atoms with van der Waals surface area (Å²) in [5.41, 5.74) is 8.49. The number of aromatic nitrogens is 4. The Morgan fingerprint density at radius 3 is 2.70 bits per heavy atom. The number of benzene rings is 2. The van der Waals surface area contributed by atoms with Gasteiger partial charge in [0.25, 0.3) is 0 Å². The Balaban J connectivity index is 1.19. The lowest BCUT2D eigenvalue weighted by atomic mass is 9.92. The zero-order valence-corrected chi connectivity index (χ0v) is 22.5. The number of allylic oxidation sites excluding steroid dienone is 1. The van der Waals surface area contributed by atoms with E-state index in [0.717, 1.165) is 24.9 Å². The number of carbonyl (C=O) groups excluding carboxylic acids is 1. The molecule has 2 N–H and O–H groups in total. The van der Waals surface area contributed by atoms with Crippen LogP contribution in [0, 0.1) is 11.7 Å². The van der Waals surface area contributed by atoms with Crippen molar-refractivity contribution in [2.75, 3.05) is 19.3 Å². The van der Waals surface area contributed by atoms with Crippen LogP contribution in [0.3, 0.4) is 0 Å². The Bertz CT molecular complexity index is 1550. The molecule has 2 aromatic carbocycles. The van der Waals surface area contributed by atoms with Gasteiger partial charge >= 0.3 is 0 Å². The summed E-state index contributed by atoms with van der Waals surface area (Å²) in [5.74, 6) is 1.15. The molecule has 2 atom stereocenters. The second kappa shape index (κ2) is 11.2. The van der Waals surface area contributed by atoms with Gasteiger partial charge in [0.15, 0.2) is 11.4 Å². The maximum Gasteiger partial charge on any atom is 0.164 e. The number of rotatable bonds is 9. The third kappa shape index (κ3) is 5.34. The molecule has 206 valence electrons. The summed E-state index contributed by atoms with van der Waals surface area (Å²) < 4.78 is 21.2. The first-order chi connectivity index (χ1) is 19.5. The summed E-state index contributed by atoms with van der Waals surface area (Å²) >= 11 is 0. The molecule has 2 fully saturated rings. The topological polar surface area (TPSA) is 99.2 Å². The monoisotopic (exact) mass is 540 g/mol. The van der Waals surface area contributed by atoms with E-state index in [1.807, 2.05) is 35.0 Å². The molecule has 1 unspecified atom stereocenters. The average Bonchev–Trinajstić information content (AvgIpc) is 3.54. The van der Waals surface area contributed by atoms with E-state index in [1.54, 1.807) is 18.2 Å². The highest BCUT2D eigenvalue weighted by atomic mass is 19.1. The molecular formula is C31H33FN6O2. The molecule has 6 rings (SSSR count). The summed E-state index contributed by atoms with van der Waals surface area (Å²) in [4.78, 5) is 24.0. The van der Waals surface area contributed by atoms with Gasteiger partial charge in [-0.2, -0.15) is 5.10 Å². The lowest BCUT2D eigenvalue weighted by Crippen LogP contribution is -2.37. The second-order valence-corrected chi connectivity index (χ2v) is 10.8. The smallest absolute Gasteiger partial charge is 0.164 e. The summed E-state index contributed by atoms with van der Waals surface area (Å²) in [5, 5.41) is 5.64. The van der Waals surface area contributed by atoms with Crippen LogP contribution in [0.4, 0.5) is 10.2 Å². The van der Waals surface area contributed by atoms with E-state index in [2.05, 4.69) is 21.9 Å². The number of nitrogens with two attached hydrogens (primary N) is 1. The summed E-state index contributed by atoms with van der Waals surface area (Å²) in [7, 11) is 2.13. The van der Waals surface area contributed by atoms with Gasteiger partial charge in [0, 0.05) is 30.1 Å². The van der Waals surface area contributed by atoms with Gasteiger partial charge < -0.3 is 10.5 Å². The summed E-state index contributed by atoms with van der Waals surface area (Å²) in [6.45, 7) is 0.808. The molecule has 0 amide bonds. The van der Waals surface area contributed by atoms with Crippen LogP contribution in [0.5, 0.6) is 11.5 Å². The highest BCUT2D eigenvalue weighted by Gasteiger charge is 2.32. The van der Waals surface area contributed by atoms with E-state index in [0.29, 0.717) is 46.5 Å². The number of nitrogens with zero attached hydrogens (tertiary/aromatic N) is 5. The standard InChI is InChI=1S/C31H33FN6O2/c1-37(23-6-3-7-23)16-4-9-27(39)21-10-13-24(17-21)38-31-28(30(33)34-19-35-31)29(36-38)20-11-14-25(15-12-20)40-26-8-2-5-22(32)18-26/h2,4-5,8-9,11-12,14-15,18-19,21,23-24H,3,6-7,10,13,16-17H2,1H3,(H2,33,34,35)/b9-4+/t21?,24-/m1/s1. The van der Waals surface area contributed by atoms with Gasteiger partial charge in [0.05, 0.1) is 11.4 Å². The van der Waals surface area contributed by atoms with Crippen molar-refractivity contribution in [2.45, 2.75) is 50.6 Å². The van der Waals surface area contributed by atoms with E-state index < -0.39 is 0 Å². The number of ketones is 1. The Morgan fingerprint density at radius 1 is 1.12 bits per heavy atom. The van der Waals surface area contributed by atoms with Gasteiger partial charge in [-0.05, 0) is 81.6 Å². The molecule has 0 aliphatic heterocycles. The Labute approximate surface area is 232 Å². The van der Waals surface area contributed by atoms with Crippen molar-refractivity contribution in [1.29, 1.82) is 0 Å². The molecule has 2 aromatic heterocycles. The minimum Gasteiger partial charge on any atom is -0.457 e. The molecule has 2 heterocycles. The number of nitrogen functional groups attached to an aromatic ring is 1. The fourth-order valence-electron chi connectivity index (χ4n) is 5.69. The molecule has 0 bridgehead atoms. The average molecular weight is 541 g/mol. The largest absolute Gasteiger partial charge is 0.457 e. The molecule has 8 nitrogen and oxygen atoms in total. The van der Waals surface area contributed by atoms with Crippen molar-refractivity contribution in [1.82, 2.24) is 24.6 Å².